The maximum Gasteiger partial charge on any atom is 0.416 e. The molecule has 112 valence electrons. The molecule has 1 aromatic rings. The SMILES string of the molecule is COCC(Cl)CCNC(=O)c1ccc(C(F)(F)F)cc1. The quantitative estimate of drug-likeness (QED) is 0.820. The van der Waals surface area contributed by atoms with Crippen LogP contribution in [0.15, 0.2) is 24.3 Å². The van der Waals surface area contributed by atoms with Gasteiger partial charge in [0.25, 0.3) is 5.91 Å². The standard InChI is InChI=1S/C13H15ClF3NO2/c1-20-8-11(14)6-7-18-12(19)9-2-4-10(5-3-9)13(15,16)17/h2-5,11H,6-8H2,1H3,(H,18,19). The number of carbonyl (C=O) groups excluding carboxylic acids is 1. The number of nitrogens with one attached hydrogen (secondary N) is 1. The lowest BCUT2D eigenvalue weighted by Gasteiger charge is -2.10. The van der Waals surface area contributed by atoms with E-state index >= 15 is 0 Å². The van der Waals surface area contributed by atoms with Crippen LogP contribution in [0.3, 0.4) is 0 Å². The van der Waals surface area contributed by atoms with Crippen LogP contribution in [0.25, 0.3) is 0 Å². The molecule has 0 saturated carbocycles. The molecule has 20 heavy (non-hydrogen) atoms. The third kappa shape index (κ3) is 5.38. The number of amides is 1. The van der Waals surface area contributed by atoms with Gasteiger partial charge in [-0.2, -0.15) is 13.2 Å². The normalized spacial score (nSPS) is 13.1. The van der Waals surface area contributed by atoms with Gasteiger partial charge in [0.2, 0.25) is 0 Å². The molecule has 0 heterocycles. The van der Waals surface area contributed by atoms with E-state index < -0.39 is 17.6 Å². The Morgan fingerprint density at radius 3 is 2.45 bits per heavy atom. The Hall–Kier alpha value is -1.27. The van der Waals surface area contributed by atoms with E-state index in [1.807, 2.05) is 0 Å². The molecule has 7 heteroatoms. The van der Waals surface area contributed by atoms with E-state index in [0.717, 1.165) is 24.3 Å². The summed E-state index contributed by atoms with van der Waals surface area (Å²) in [5.41, 5.74) is -0.606. The molecule has 0 fully saturated rings. The molecular weight excluding hydrogens is 295 g/mol. The van der Waals surface area contributed by atoms with E-state index in [9.17, 15) is 18.0 Å². The molecule has 1 aromatic carbocycles. The highest BCUT2D eigenvalue weighted by atomic mass is 35.5. The minimum Gasteiger partial charge on any atom is -0.383 e. The van der Waals surface area contributed by atoms with Crippen molar-refractivity contribution in [2.45, 2.75) is 18.0 Å². The van der Waals surface area contributed by atoms with Gasteiger partial charge in [-0.25, -0.2) is 0 Å². The first kappa shape index (κ1) is 16.8. The molecule has 3 nitrogen and oxygen atoms in total. The number of halogens is 4. The predicted molar refractivity (Wildman–Crippen MR) is 69.9 cm³/mol. The maximum absolute atomic E-state index is 12.4. The lowest BCUT2D eigenvalue weighted by molar-refractivity contribution is -0.137. The Morgan fingerprint density at radius 1 is 1.35 bits per heavy atom. The largest absolute Gasteiger partial charge is 0.416 e. The Bertz CT molecular complexity index is 434. The first-order valence-electron chi connectivity index (χ1n) is 5.93. The number of alkyl halides is 4. The van der Waals surface area contributed by atoms with Gasteiger partial charge >= 0.3 is 6.18 Å². The van der Waals surface area contributed by atoms with Crippen molar-refractivity contribution < 1.29 is 22.7 Å². The van der Waals surface area contributed by atoms with E-state index in [2.05, 4.69) is 5.32 Å². The van der Waals surface area contributed by atoms with Crippen molar-refractivity contribution in [1.29, 1.82) is 0 Å². The summed E-state index contributed by atoms with van der Waals surface area (Å²) >= 11 is 5.88. The van der Waals surface area contributed by atoms with Crippen LogP contribution >= 0.6 is 11.6 Å². The Morgan fingerprint density at radius 2 is 1.95 bits per heavy atom. The van der Waals surface area contributed by atoms with Crippen molar-refractivity contribution >= 4 is 17.5 Å². The zero-order valence-corrected chi connectivity index (χ0v) is 11.6. The number of hydrogen-bond acceptors (Lipinski definition) is 2. The molecule has 1 amide bonds. The summed E-state index contributed by atoms with van der Waals surface area (Å²) in [6.07, 6.45) is -3.89. The summed E-state index contributed by atoms with van der Waals surface area (Å²) in [7, 11) is 1.52. The second-order valence-electron chi connectivity index (χ2n) is 4.17. The fourth-order valence-electron chi connectivity index (χ4n) is 1.52. The van der Waals surface area contributed by atoms with Crippen molar-refractivity contribution in [3.05, 3.63) is 35.4 Å². The second-order valence-corrected chi connectivity index (χ2v) is 4.79. The molecule has 0 aliphatic heterocycles. The summed E-state index contributed by atoms with van der Waals surface area (Å²) in [5, 5.41) is 2.37. The smallest absolute Gasteiger partial charge is 0.383 e. The van der Waals surface area contributed by atoms with Crippen LogP contribution in [-0.2, 0) is 10.9 Å². The molecule has 0 bridgehead atoms. The van der Waals surface area contributed by atoms with E-state index in [1.165, 1.54) is 7.11 Å². The minimum absolute atomic E-state index is 0.177. The number of rotatable bonds is 6. The Kier molecular flexibility index (Phi) is 6.29. The second kappa shape index (κ2) is 7.50. The molecule has 0 aliphatic carbocycles. The topological polar surface area (TPSA) is 38.3 Å². The van der Waals surface area contributed by atoms with Gasteiger partial charge in [-0.1, -0.05) is 0 Å². The van der Waals surface area contributed by atoms with Gasteiger partial charge in [0.05, 0.1) is 17.5 Å². The zero-order chi connectivity index (χ0) is 15.2. The number of methoxy groups -OCH3 is 1. The Balaban J connectivity index is 2.48. The highest BCUT2D eigenvalue weighted by Crippen LogP contribution is 2.29. The predicted octanol–water partition coefficient (Wildman–Crippen LogP) is 3.08. The first-order valence-corrected chi connectivity index (χ1v) is 6.36. The van der Waals surface area contributed by atoms with E-state index in [4.69, 9.17) is 16.3 Å². The van der Waals surface area contributed by atoms with E-state index in [0.29, 0.717) is 19.6 Å². The van der Waals surface area contributed by atoms with Gasteiger partial charge in [-0.3, -0.25) is 4.79 Å². The lowest BCUT2D eigenvalue weighted by atomic mass is 10.1. The molecule has 0 aromatic heterocycles. The van der Waals surface area contributed by atoms with Gasteiger partial charge in [0, 0.05) is 19.2 Å². The van der Waals surface area contributed by atoms with Crippen LogP contribution in [0.2, 0.25) is 0 Å². The van der Waals surface area contributed by atoms with Crippen molar-refractivity contribution in [2.24, 2.45) is 0 Å². The number of carbonyl (C=O) groups is 1. The van der Waals surface area contributed by atoms with Crippen LogP contribution in [-0.4, -0.2) is 31.5 Å². The van der Waals surface area contributed by atoms with Crippen molar-refractivity contribution in [2.75, 3.05) is 20.3 Å². The molecular formula is C13H15ClF3NO2. The van der Waals surface area contributed by atoms with Crippen LogP contribution < -0.4 is 5.32 Å². The average molecular weight is 310 g/mol. The number of ether oxygens (including phenoxy) is 1. The third-order valence-corrected chi connectivity index (χ3v) is 2.91. The van der Waals surface area contributed by atoms with Gasteiger partial charge < -0.3 is 10.1 Å². The average Bonchev–Trinajstić information content (AvgIpc) is 2.38. The molecule has 0 spiro atoms. The number of benzene rings is 1. The maximum atomic E-state index is 12.4. The van der Waals surface area contributed by atoms with Gasteiger partial charge in [-0.05, 0) is 30.7 Å². The molecule has 0 saturated heterocycles. The lowest BCUT2D eigenvalue weighted by Crippen LogP contribution is -2.27. The van der Waals surface area contributed by atoms with E-state index in [-0.39, 0.29) is 10.9 Å². The monoisotopic (exact) mass is 309 g/mol. The molecule has 1 N–H and O–H groups in total. The molecule has 1 atom stereocenters. The molecule has 1 rings (SSSR count). The van der Waals surface area contributed by atoms with Crippen molar-refractivity contribution in [3.8, 4) is 0 Å². The van der Waals surface area contributed by atoms with Crippen LogP contribution in [0.1, 0.15) is 22.3 Å². The van der Waals surface area contributed by atoms with Gasteiger partial charge in [-0.15, -0.1) is 11.6 Å². The minimum atomic E-state index is -4.40. The molecule has 0 aliphatic rings. The fraction of sp³-hybridized carbons (Fsp3) is 0.462. The van der Waals surface area contributed by atoms with Crippen LogP contribution in [0.5, 0.6) is 0 Å². The summed E-state index contributed by atoms with van der Waals surface area (Å²) in [4.78, 5) is 11.7. The van der Waals surface area contributed by atoms with Crippen LogP contribution in [0.4, 0.5) is 13.2 Å². The zero-order valence-electron chi connectivity index (χ0n) is 10.8. The summed E-state index contributed by atoms with van der Waals surface area (Å²) in [5.74, 6) is -0.431. The Labute approximate surface area is 120 Å². The van der Waals surface area contributed by atoms with E-state index in [1.54, 1.807) is 0 Å². The van der Waals surface area contributed by atoms with Crippen molar-refractivity contribution in [1.82, 2.24) is 5.32 Å². The van der Waals surface area contributed by atoms with Crippen molar-refractivity contribution in [3.63, 3.8) is 0 Å². The van der Waals surface area contributed by atoms with Gasteiger partial charge in [0.15, 0.2) is 0 Å². The fourth-order valence-corrected chi connectivity index (χ4v) is 1.75. The highest BCUT2D eigenvalue weighted by molar-refractivity contribution is 6.20. The first-order chi connectivity index (χ1) is 9.34. The van der Waals surface area contributed by atoms with Crippen LogP contribution in [0, 0.1) is 0 Å². The molecule has 0 radical (unpaired) electrons. The molecule has 1 unspecified atom stereocenters. The third-order valence-electron chi connectivity index (χ3n) is 2.57. The summed E-state index contributed by atoms with van der Waals surface area (Å²) in [6.45, 7) is 0.703. The summed E-state index contributed by atoms with van der Waals surface area (Å²) < 4.78 is 41.9. The highest BCUT2D eigenvalue weighted by Gasteiger charge is 2.30. The summed E-state index contributed by atoms with van der Waals surface area (Å²) in [6, 6.07) is 4.05. The van der Waals surface area contributed by atoms with Gasteiger partial charge in [0.1, 0.15) is 0 Å². The number of hydrogen-bond donors (Lipinski definition) is 1.